The Labute approximate surface area is 145 Å². The fraction of sp³-hybridized carbons (Fsp3) is 0.133. The Bertz CT molecular complexity index is 1070. The van der Waals surface area contributed by atoms with Crippen LogP contribution in [0.1, 0.15) is 11.3 Å². The molecule has 0 saturated carbocycles. The first kappa shape index (κ1) is 17.0. The lowest BCUT2D eigenvalue weighted by Crippen LogP contribution is -2.27. The summed E-state index contributed by atoms with van der Waals surface area (Å²) in [6.45, 7) is 1.58. The monoisotopic (exact) mass is 355 g/mol. The standard InChI is InChI=1S/C15H13N7O4/c1-10-6-14(24)21-15(16-9-18-21)20(10)8-13(23)19-17-7-11-2-4-12(5-3-11)22(25)26/h2-7,9H,8H2,1H3,(H,19,23)/b17-7+. The molecule has 2 aromatic heterocycles. The summed E-state index contributed by atoms with van der Waals surface area (Å²) in [5.41, 5.74) is 3.15. The first-order valence-electron chi connectivity index (χ1n) is 7.42. The van der Waals surface area contributed by atoms with Crippen molar-refractivity contribution in [1.82, 2.24) is 24.6 Å². The van der Waals surface area contributed by atoms with Gasteiger partial charge in [0.15, 0.2) is 0 Å². The number of aryl methyl sites for hydroxylation is 1. The Morgan fingerprint density at radius 2 is 2.12 bits per heavy atom. The number of nitrogens with one attached hydrogen (secondary N) is 1. The SMILES string of the molecule is Cc1cc(=O)n2ncnc2n1CC(=O)N/N=C/c1ccc([N+](=O)[O-])cc1. The topological polar surface area (TPSA) is 137 Å². The molecule has 0 radical (unpaired) electrons. The summed E-state index contributed by atoms with van der Waals surface area (Å²) in [5, 5.41) is 18.2. The molecule has 0 spiro atoms. The van der Waals surface area contributed by atoms with E-state index in [1.807, 2.05) is 0 Å². The zero-order valence-electron chi connectivity index (χ0n) is 13.6. The Morgan fingerprint density at radius 3 is 2.81 bits per heavy atom. The van der Waals surface area contributed by atoms with Crippen molar-refractivity contribution in [3.63, 3.8) is 0 Å². The third-order valence-corrected chi connectivity index (χ3v) is 3.55. The molecular weight excluding hydrogens is 342 g/mol. The second-order valence-corrected chi connectivity index (χ2v) is 5.32. The van der Waals surface area contributed by atoms with Crippen LogP contribution in [0, 0.1) is 17.0 Å². The number of carbonyl (C=O) groups excluding carboxylic acids is 1. The Kier molecular flexibility index (Phi) is 4.51. The Balaban J connectivity index is 1.69. The lowest BCUT2D eigenvalue weighted by atomic mass is 10.2. The largest absolute Gasteiger partial charge is 0.305 e. The first-order valence-corrected chi connectivity index (χ1v) is 7.42. The van der Waals surface area contributed by atoms with Crippen LogP contribution in [-0.2, 0) is 11.3 Å². The van der Waals surface area contributed by atoms with E-state index < -0.39 is 10.8 Å². The number of nitro benzene ring substituents is 1. The van der Waals surface area contributed by atoms with E-state index in [9.17, 15) is 19.7 Å². The van der Waals surface area contributed by atoms with Crippen LogP contribution in [0.3, 0.4) is 0 Å². The second kappa shape index (κ2) is 6.93. The minimum Gasteiger partial charge on any atom is -0.305 e. The quantitative estimate of drug-likeness (QED) is 0.396. The third kappa shape index (κ3) is 3.45. The predicted octanol–water partition coefficient (Wildman–Crippen LogP) is 0.258. The van der Waals surface area contributed by atoms with Crippen molar-refractivity contribution in [2.45, 2.75) is 13.5 Å². The summed E-state index contributed by atoms with van der Waals surface area (Å²) in [7, 11) is 0. The predicted molar refractivity (Wildman–Crippen MR) is 90.8 cm³/mol. The van der Waals surface area contributed by atoms with Crippen molar-refractivity contribution in [2.75, 3.05) is 0 Å². The number of rotatable bonds is 5. The molecule has 0 aliphatic carbocycles. The molecule has 1 aromatic carbocycles. The second-order valence-electron chi connectivity index (χ2n) is 5.32. The van der Waals surface area contributed by atoms with Crippen molar-refractivity contribution in [1.29, 1.82) is 0 Å². The summed E-state index contributed by atoms with van der Waals surface area (Å²) >= 11 is 0. The molecular formula is C15H13N7O4. The van der Waals surface area contributed by atoms with Gasteiger partial charge in [0.25, 0.3) is 17.2 Å². The summed E-state index contributed by atoms with van der Waals surface area (Å²) in [6.07, 6.45) is 2.60. The third-order valence-electron chi connectivity index (χ3n) is 3.55. The van der Waals surface area contributed by atoms with Gasteiger partial charge in [0.05, 0.1) is 11.1 Å². The maximum Gasteiger partial charge on any atom is 0.275 e. The molecule has 26 heavy (non-hydrogen) atoms. The number of hydrazone groups is 1. The molecule has 1 N–H and O–H groups in total. The number of carbonyl (C=O) groups is 1. The van der Waals surface area contributed by atoms with Crippen molar-refractivity contribution in [3.05, 3.63) is 68.4 Å². The number of benzene rings is 1. The zero-order valence-corrected chi connectivity index (χ0v) is 13.6. The molecule has 0 bridgehead atoms. The zero-order chi connectivity index (χ0) is 18.7. The number of non-ortho nitro benzene ring substituents is 1. The molecule has 3 rings (SSSR count). The van der Waals surface area contributed by atoms with E-state index >= 15 is 0 Å². The molecule has 0 fully saturated rings. The van der Waals surface area contributed by atoms with Crippen molar-refractivity contribution < 1.29 is 9.72 Å². The molecule has 0 atom stereocenters. The molecule has 1 amide bonds. The van der Waals surface area contributed by atoms with E-state index in [1.54, 1.807) is 6.92 Å². The average molecular weight is 355 g/mol. The molecule has 0 aliphatic rings. The lowest BCUT2D eigenvalue weighted by Gasteiger charge is -2.09. The van der Waals surface area contributed by atoms with Crippen LogP contribution in [0.5, 0.6) is 0 Å². The van der Waals surface area contributed by atoms with Gasteiger partial charge in [-0.2, -0.15) is 19.7 Å². The summed E-state index contributed by atoms with van der Waals surface area (Å²) in [6, 6.07) is 7.07. The van der Waals surface area contributed by atoms with E-state index in [2.05, 4.69) is 20.6 Å². The molecule has 3 aromatic rings. The van der Waals surface area contributed by atoms with Crippen LogP contribution in [-0.4, -0.2) is 36.2 Å². The Hall–Kier alpha value is -3.89. The van der Waals surface area contributed by atoms with Gasteiger partial charge < -0.3 is 4.57 Å². The highest BCUT2D eigenvalue weighted by atomic mass is 16.6. The van der Waals surface area contributed by atoms with Gasteiger partial charge in [0.2, 0.25) is 5.78 Å². The number of hydrogen-bond donors (Lipinski definition) is 1. The molecule has 0 unspecified atom stereocenters. The van der Waals surface area contributed by atoms with E-state index in [0.717, 1.165) is 4.52 Å². The number of aromatic nitrogens is 4. The van der Waals surface area contributed by atoms with E-state index in [1.165, 1.54) is 47.4 Å². The van der Waals surface area contributed by atoms with Gasteiger partial charge in [-0.3, -0.25) is 19.7 Å². The van der Waals surface area contributed by atoms with Crippen LogP contribution in [0.4, 0.5) is 5.69 Å². The molecule has 11 nitrogen and oxygen atoms in total. The number of fused-ring (bicyclic) bond motifs is 1. The van der Waals surface area contributed by atoms with Crippen LogP contribution < -0.4 is 11.0 Å². The van der Waals surface area contributed by atoms with Crippen molar-refractivity contribution in [3.8, 4) is 0 Å². The van der Waals surface area contributed by atoms with Gasteiger partial charge in [-0.1, -0.05) is 0 Å². The maximum atomic E-state index is 12.1. The van der Waals surface area contributed by atoms with Crippen LogP contribution in [0.25, 0.3) is 5.78 Å². The lowest BCUT2D eigenvalue weighted by molar-refractivity contribution is -0.384. The van der Waals surface area contributed by atoms with Crippen LogP contribution >= 0.6 is 0 Å². The van der Waals surface area contributed by atoms with Crippen molar-refractivity contribution >= 4 is 23.6 Å². The van der Waals surface area contributed by atoms with Crippen molar-refractivity contribution in [2.24, 2.45) is 5.10 Å². The number of amides is 1. The highest BCUT2D eigenvalue weighted by Gasteiger charge is 2.11. The first-order chi connectivity index (χ1) is 12.5. The molecule has 132 valence electrons. The van der Waals surface area contributed by atoms with Gasteiger partial charge in [0.1, 0.15) is 12.9 Å². The summed E-state index contributed by atoms with van der Waals surface area (Å²) in [5.74, 6) is -0.177. The van der Waals surface area contributed by atoms with Crippen LogP contribution in [0.2, 0.25) is 0 Å². The molecule has 0 aliphatic heterocycles. The highest BCUT2D eigenvalue weighted by Crippen LogP contribution is 2.10. The maximum absolute atomic E-state index is 12.1. The fourth-order valence-corrected chi connectivity index (χ4v) is 2.29. The van der Waals surface area contributed by atoms with E-state index in [4.69, 9.17) is 0 Å². The van der Waals surface area contributed by atoms with Gasteiger partial charge >= 0.3 is 0 Å². The van der Waals surface area contributed by atoms with Gasteiger partial charge in [-0.05, 0) is 24.6 Å². The smallest absolute Gasteiger partial charge is 0.275 e. The minimum atomic E-state index is -0.499. The molecule has 2 heterocycles. The van der Waals surface area contributed by atoms with E-state index in [0.29, 0.717) is 11.3 Å². The normalized spacial score (nSPS) is 11.1. The number of nitro groups is 1. The van der Waals surface area contributed by atoms with Crippen LogP contribution in [0.15, 0.2) is 46.6 Å². The summed E-state index contributed by atoms with van der Waals surface area (Å²) < 4.78 is 2.63. The number of hydrogen-bond acceptors (Lipinski definition) is 7. The summed E-state index contributed by atoms with van der Waals surface area (Å²) in [4.78, 5) is 37.9. The molecule has 11 heteroatoms. The number of nitrogens with zero attached hydrogens (tertiary/aromatic N) is 6. The average Bonchev–Trinajstić information content (AvgIpc) is 3.09. The van der Waals surface area contributed by atoms with Gasteiger partial charge in [-0.25, -0.2) is 5.43 Å². The van der Waals surface area contributed by atoms with E-state index in [-0.39, 0.29) is 23.6 Å². The van der Waals surface area contributed by atoms with Gasteiger partial charge in [0, 0.05) is 23.9 Å². The molecule has 0 saturated heterocycles. The minimum absolute atomic E-state index is 0.0304. The highest BCUT2D eigenvalue weighted by molar-refractivity contribution is 5.82. The Morgan fingerprint density at radius 1 is 1.38 bits per heavy atom. The van der Waals surface area contributed by atoms with Gasteiger partial charge in [-0.15, -0.1) is 0 Å². The fourth-order valence-electron chi connectivity index (χ4n) is 2.29.